The number of fused-ring (bicyclic) bond motifs is 1. The molecule has 3 nitrogen and oxygen atoms in total. The van der Waals surface area contributed by atoms with Gasteiger partial charge >= 0.3 is 5.97 Å². The van der Waals surface area contributed by atoms with Crippen LogP contribution in [0.4, 0.5) is 5.69 Å². The van der Waals surface area contributed by atoms with Crippen LogP contribution in [0.15, 0.2) is 24.3 Å². The number of carbonyl (C=O) groups is 1. The van der Waals surface area contributed by atoms with Crippen LogP contribution < -0.4 is 5.73 Å². The maximum atomic E-state index is 11.1. The third-order valence-corrected chi connectivity index (χ3v) is 3.25. The van der Waals surface area contributed by atoms with Gasteiger partial charge in [-0.25, -0.2) is 0 Å². The normalized spacial score (nSPS) is 10.5. The number of benzene rings is 1. The van der Waals surface area contributed by atoms with Crippen LogP contribution >= 0.6 is 11.3 Å². The molecule has 2 aromatic rings. The van der Waals surface area contributed by atoms with Crippen LogP contribution in [0, 0.1) is 0 Å². The fourth-order valence-electron chi connectivity index (χ4n) is 1.42. The molecule has 0 radical (unpaired) electrons. The summed E-state index contributed by atoms with van der Waals surface area (Å²) in [6, 6.07) is 7.72. The van der Waals surface area contributed by atoms with Gasteiger partial charge in [0.25, 0.3) is 0 Å². The summed E-state index contributed by atoms with van der Waals surface area (Å²) in [5.74, 6) is -0.213. The molecule has 0 spiro atoms. The average molecular weight is 221 g/mol. The molecule has 78 valence electrons. The predicted molar refractivity (Wildman–Crippen MR) is 62.0 cm³/mol. The van der Waals surface area contributed by atoms with Gasteiger partial charge in [-0.3, -0.25) is 4.79 Å². The Balaban J connectivity index is 2.34. The number of anilines is 1. The SMILES string of the molecule is COC(=O)Cc1cc2cc(N)ccc2s1. The second-order valence-electron chi connectivity index (χ2n) is 3.26. The van der Waals surface area contributed by atoms with Gasteiger partial charge in [-0.1, -0.05) is 0 Å². The van der Waals surface area contributed by atoms with E-state index in [9.17, 15) is 4.79 Å². The molecule has 0 atom stereocenters. The molecule has 1 aromatic carbocycles. The van der Waals surface area contributed by atoms with Crippen LogP contribution in [0.2, 0.25) is 0 Å². The molecule has 0 saturated carbocycles. The van der Waals surface area contributed by atoms with Gasteiger partial charge in [0.15, 0.2) is 0 Å². The smallest absolute Gasteiger partial charge is 0.310 e. The Kier molecular flexibility index (Phi) is 2.60. The van der Waals surface area contributed by atoms with Crippen LogP contribution in [0.25, 0.3) is 10.1 Å². The molecule has 0 amide bonds. The van der Waals surface area contributed by atoms with E-state index in [1.807, 2.05) is 24.3 Å². The topological polar surface area (TPSA) is 52.3 Å². The first-order valence-corrected chi connectivity index (χ1v) is 5.35. The van der Waals surface area contributed by atoms with E-state index >= 15 is 0 Å². The fourth-order valence-corrected chi connectivity index (χ4v) is 2.45. The second-order valence-corrected chi connectivity index (χ2v) is 4.43. The maximum Gasteiger partial charge on any atom is 0.310 e. The summed E-state index contributed by atoms with van der Waals surface area (Å²) in [7, 11) is 1.40. The number of rotatable bonds is 2. The molecule has 0 saturated heterocycles. The van der Waals surface area contributed by atoms with Crippen LogP contribution in [-0.2, 0) is 16.0 Å². The standard InChI is InChI=1S/C11H11NO2S/c1-14-11(13)6-9-5-7-4-8(12)2-3-10(7)15-9/h2-5H,6,12H2,1H3. The fraction of sp³-hybridized carbons (Fsp3) is 0.182. The second kappa shape index (κ2) is 3.90. The number of nitrogens with two attached hydrogens (primary N) is 1. The van der Waals surface area contributed by atoms with Crippen molar-refractivity contribution in [2.24, 2.45) is 0 Å². The van der Waals surface area contributed by atoms with Crippen molar-refractivity contribution in [3.8, 4) is 0 Å². The summed E-state index contributed by atoms with van der Waals surface area (Å²) in [4.78, 5) is 12.1. The van der Waals surface area contributed by atoms with Crippen molar-refractivity contribution in [2.75, 3.05) is 12.8 Å². The summed E-state index contributed by atoms with van der Waals surface area (Å²) in [6.07, 6.45) is 0.329. The number of carbonyl (C=O) groups excluding carboxylic acids is 1. The third-order valence-electron chi connectivity index (χ3n) is 2.14. The Bertz CT molecular complexity index is 504. The quantitative estimate of drug-likeness (QED) is 0.624. The highest BCUT2D eigenvalue weighted by atomic mass is 32.1. The van der Waals surface area contributed by atoms with Gasteiger partial charge in [-0.2, -0.15) is 0 Å². The summed E-state index contributed by atoms with van der Waals surface area (Å²) in [5.41, 5.74) is 6.41. The van der Waals surface area contributed by atoms with Crippen LogP contribution in [0.1, 0.15) is 4.88 Å². The molecule has 2 N–H and O–H groups in total. The predicted octanol–water partition coefficient (Wildman–Crippen LogP) is 2.20. The van der Waals surface area contributed by atoms with E-state index in [0.717, 1.165) is 20.7 Å². The third kappa shape index (κ3) is 2.10. The molecule has 0 unspecified atom stereocenters. The minimum absolute atomic E-state index is 0.213. The Hall–Kier alpha value is -1.55. The van der Waals surface area contributed by atoms with E-state index < -0.39 is 0 Å². The molecule has 2 rings (SSSR count). The number of nitrogen functional groups attached to an aromatic ring is 1. The van der Waals surface area contributed by atoms with Crippen molar-refractivity contribution >= 4 is 33.1 Å². The first-order chi connectivity index (χ1) is 7.19. The Morgan fingerprint density at radius 1 is 1.47 bits per heavy atom. The number of ether oxygens (including phenoxy) is 1. The molecule has 0 aliphatic carbocycles. The summed E-state index contributed by atoms with van der Waals surface area (Å²) >= 11 is 1.59. The number of thiophene rings is 1. The van der Waals surface area contributed by atoms with Crippen LogP contribution in [0.3, 0.4) is 0 Å². The summed E-state index contributed by atoms with van der Waals surface area (Å²) < 4.78 is 5.76. The highest BCUT2D eigenvalue weighted by molar-refractivity contribution is 7.19. The average Bonchev–Trinajstić information content (AvgIpc) is 2.59. The van der Waals surface area contributed by atoms with E-state index in [2.05, 4.69) is 4.74 Å². The van der Waals surface area contributed by atoms with Gasteiger partial charge in [-0.15, -0.1) is 11.3 Å². The van der Waals surface area contributed by atoms with Gasteiger partial charge in [0.05, 0.1) is 13.5 Å². The summed E-state index contributed by atoms with van der Waals surface area (Å²) in [5, 5.41) is 1.08. The van der Waals surface area contributed by atoms with Crippen molar-refractivity contribution in [3.05, 3.63) is 29.1 Å². The number of esters is 1. The number of hydrogen-bond acceptors (Lipinski definition) is 4. The maximum absolute atomic E-state index is 11.1. The molecule has 0 fully saturated rings. The zero-order valence-electron chi connectivity index (χ0n) is 8.32. The molecule has 0 aliphatic heterocycles. The lowest BCUT2D eigenvalue weighted by atomic mass is 10.2. The molecular weight excluding hydrogens is 210 g/mol. The minimum Gasteiger partial charge on any atom is -0.469 e. The van der Waals surface area contributed by atoms with Gasteiger partial charge < -0.3 is 10.5 Å². The lowest BCUT2D eigenvalue weighted by Crippen LogP contribution is -2.02. The van der Waals surface area contributed by atoms with Crippen molar-refractivity contribution in [3.63, 3.8) is 0 Å². The number of hydrogen-bond donors (Lipinski definition) is 1. The highest BCUT2D eigenvalue weighted by Crippen LogP contribution is 2.27. The van der Waals surface area contributed by atoms with E-state index in [1.165, 1.54) is 7.11 Å². The molecule has 1 aromatic heterocycles. The first-order valence-electron chi connectivity index (χ1n) is 4.54. The zero-order valence-corrected chi connectivity index (χ0v) is 9.14. The van der Waals surface area contributed by atoms with E-state index in [0.29, 0.717) is 6.42 Å². The number of methoxy groups -OCH3 is 1. The molecule has 0 bridgehead atoms. The van der Waals surface area contributed by atoms with Crippen LogP contribution in [-0.4, -0.2) is 13.1 Å². The van der Waals surface area contributed by atoms with Crippen molar-refractivity contribution < 1.29 is 9.53 Å². The first kappa shape index (κ1) is 9.98. The van der Waals surface area contributed by atoms with E-state index in [1.54, 1.807) is 11.3 Å². The van der Waals surface area contributed by atoms with Crippen LogP contribution in [0.5, 0.6) is 0 Å². The van der Waals surface area contributed by atoms with Gasteiger partial charge in [0, 0.05) is 15.3 Å². The van der Waals surface area contributed by atoms with Gasteiger partial charge in [-0.05, 0) is 29.7 Å². The lowest BCUT2D eigenvalue weighted by molar-refractivity contribution is -0.139. The Morgan fingerprint density at radius 2 is 2.27 bits per heavy atom. The summed E-state index contributed by atoms with van der Waals surface area (Å²) in [6.45, 7) is 0. The zero-order chi connectivity index (χ0) is 10.8. The Labute approximate surface area is 91.5 Å². The highest BCUT2D eigenvalue weighted by Gasteiger charge is 2.07. The lowest BCUT2D eigenvalue weighted by Gasteiger charge is -1.93. The molecule has 0 aliphatic rings. The van der Waals surface area contributed by atoms with Crippen molar-refractivity contribution in [1.82, 2.24) is 0 Å². The largest absolute Gasteiger partial charge is 0.469 e. The van der Waals surface area contributed by atoms with Gasteiger partial charge in [0.1, 0.15) is 0 Å². The minimum atomic E-state index is -0.213. The molecule has 15 heavy (non-hydrogen) atoms. The van der Waals surface area contributed by atoms with E-state index in [4.69, 9.17) is 5.73 Å². The molecule has 1 heterocycles. The van der Waals surface area contributed by atoms with Gasteiger partial charge in [0.2, 0.25) is 0 Å². The monoisotopic (exact) mass is 221 g/mol. The molecule has 4 heteroatoms. The Morgan fingerprint density at radius 3 is 3.00 bits per heavy atom. The van der Waals surface area contributed by atoms with E-state index in [-0.39, 0.29) is 5.97 Å². The molecular formula is C11H11NO2S. The van der Waals surface area contributed by atoms with Crippen molar-refractivity contribution in [2.45, 2.75) is 6.42 Å². The van der Waals surface area contributed by atoms with Crippen molar-refractivity contribution in [1.29, 1.82) is 0 Å².